The van der Waals surface area contributed by atoms with E-state index in [9.17, 15) is 9.59 Å². The first-order chi connectivity index (χ1) is 13.9. The van der Waals surface area contributed by atoms with Crippen LogP contribution in [0.1, 0.15) is 35.8 Å². The Bertz CT molecular complexity index is 1020. The van der Waals surface area contributed by atoms with Gasteiger partial charge in [-0.15, -0.1) is 0 Å². The van der Waals surface area contributed by atoms with E-state index in [2.05, 4.69) is 15.4 Å². The number of esters is 1. The topological polar surface area (TPSA) is 86.1 Å². The van der Waals surface area contributed by atoms with E-state index in [0.29, 0.717) is 11.5 Å². The summed E-state index contributed by atoms with van der Waals surface area (Å²) in [6.45, 7) is 3.37. The van der Waals surface area contributed by atoms with Crippen LogP contribution in [0.3, 0.4) is 0 Å². The second-order valence-corrected chi connectivity index (χ2v) is 7.23. The van der Waals surface area contributed by atoms with Crippen molar-refractivity contribution in [3.63, 3.8) is 0 Å². The Hall–Kier alpha value is -2.90. The fraction of sp³-hybridized carbons (Fsp3) is 0.200. The molecule has 0 saturated carbocycles. The van der Waals surface area contributed by atoms with E-state index in [4.69, 9.17) is 27.9 Å². The summed E-state index contributed by atoms with van der Waals surface area (Å²) < 4.78 is 6.76. The highest BCUT2D eigenvalue weighted by atomic mass is 35.5. The number of anilines is 1. The minimum absolute atomic E-state index is 0.0298. The van der Waals surface area contributed by atoms with Crippen LogP contribution in [0.15, 0.2) is 48.8 Å². The van der Waals surface area contributed by atoms with E-state index < -0.39 is 18.5 Å². The Morgan fingerprint density at radius 2 is 1.86 bits per heavy atom. The maximum absolute atomic E-state index is 12.6. The second-order valence-electron chi connectivity index (χ2n) is 6.42. The van der Waals surface area contributed by atoms with Crippen LogP contribution in [0.2, 0.25) is 10.0 Å². The number of halogens is 2. The van der Waals surface area contributed by atoms with Crippen LogP contribution in [0.4, 0.5) is 5.69 Å². The quantitative estimate of drug-likeness (QED) is 0.579. The molecule has 0 aliphatic heterocycles. The normalized spacial score (nSPS) is 10.8. The van der Waals surface area contributed by atoms with Crippen molar-refractivity contribution in [2.24, 2.45) is 0 Å². The van der Waals surface area contributed by atoms with Gasteiger partial charge < -0.3 is 10.1 Å². The number of carbonyl (C=O) groups is 2. The van der Waals surface area contributed by atoms with Gasteiger partial charge in [-0.05, 0) is 30.2 Å². The molecule has 0 spiro atoms. The molecule has 150 valence electrons. The van der Waals surface area contributed by atoms with Gasteiger partial charge in [0.15, 0.2) is 12.4 Å². The van der Waals surface area contributed by atoms with Crippen molar-refractivity contribution in [3.05, 3.63) is 70.1 Å². The van der Waals surface area contributed by atoms with Gasteiger partial charge in [0.2, 0.25) is 0 Å². The van der Waals surface area contributed by atoms with Gasteiger partial charge in [0.25, 0.3) is 5.91 Å². The molecule has 0 bridgehead atoms. The first-order valence-corrected chi connectivity index (χ1v) is 9.54. The number of ether oxygens (including phenoxy) is 1. The van der Waals surface area contributed by atoms with Crippen molar-refractivity contribution < 1.29 is 14.3 Å². The molecule has 0 aliphatic rings. The molecular weight excluding hydrogens is 415 g/mol. The number of benzene rings is 1. The van der Waals surface area contributed by atoms with Crippen molar-refractivity contribution in [1.29, 1.82) is 0 Å². The molecule has 3 aromatic rings. The average Bonchev–Trinajstić information content (AvgIpc) is 3.15. The first kappa shape index (κ1) is 20.8. The van der Waals surface area contributed by atoms with E-state index in [0.717, 1.165) is 0 Å². The minimum Gasteiger partial charge on any atom is -0.452 e. The second kappa shape index (κ2) is 9.07. The third-order valence-electron chi connectivity index (χ3n) is 4.00. The van der Waals surface area contributed by atoms with Crippen LogP contribution in [0, 0.1) is 0 Å². The van der Waals surface area contributed by atoms with Gasteiger partial charge in [-0.25, -0.2) is 14.5 Å². The zero-order valence-electron chi connectivity index (χ0n) is 15.7. The predicted octanol–water partition coefficient (Wildman–Crippen LogP) is 4.49. The average molecular weight is 433 g/mol. The van der Waals surface area contributed by atoms with E-state index >= 15 is 0 Å². The van der Waals surface area contributed by atoms with Crippen molar-refractivity contribution in [3.8, 4) is 5.82 Å². The fourth-order valence-electron chi connectivity index (χ4n) is 2.73. The number of amides is 1. The Balaban J connectivity index is 1.73. The van der Waals surface area contributed by atoms with Crippen LogP contribution in [0.25, 0.3) is 5.82 Å². The third-order valence-corrected chi connectivity index (χ3v) is 4.63. The van der Waals surface area contributed by atoms with E-state index in [1.807, 2.05) is 19.9 Å². The first-order valence-electron chi connectivity index (χ1n) is 8.78. The molecule has 1 aromatic carbocycles. The van der Waals surface area contributed by atoms with Gasteiger partial charge in [-0.3, -0.25) is 4.79 Å². The number of rotatable bonds is 6. The van der Waals surface area contributed by atoms with Gasteiger partial charge >= 0.3 is 5.97 Å². The zero-order valence-corrected chi connectivity index (χ0v) is 17.2. The molecule has 3 rings (SSSR count). The summed E-state index contributed by atoms with van der Waals surface area (Å²) in [5.74, 6) is -0.660. The van der Waals surface area contributed by atoms with E-state index in [1.54, 1.807) is 41.2 Å². The van der Waals surface area contributed by atoms with Crippen molar-refractivity contribution in [2.45, 2.75) is 19.8 Å². The Morgan fingerprint density at radius 1 is 1.14 bits per heavy atom. The lowest BCUT2D eigenvalue weighted by Crippen LogP contribution is -2.22. The zero-order chi connectivity index (χ0) is 21.0. The maximum Gasteiger partial charge on any atom is 0.342 e. The van der Waals surface area contributed by atoms with E-state index in [1.165, 1.54) is 6.20 Å². The fourth-order valence-corrected chi connectivity index (χ4v) is 3.23. The number of para-hydroxylation sites is 1. The van der Waals surface area contributed by atoms with Gasteiger partial charge in [-0.2, -0.15) is 5.10 Å². The molecule has 0 aliphatic carbocycles. The Morgan fingerprint density at radius 3 is 2.48 bits per heavy atom. The summed E-state index contributed by atoms with van der Waals surface area (Å²) in [4.78, 5) is 29.0. The van der Waals surface area contributed by atoms with Gasteiger partial charge in [0.1, 0.15) is 5.56 Å². The van der Waals surface area contributed by atoms with Crippen LogP contribution < -0.4 is 5.32 Å². The lowest BCUT2D eigenvalue weighted by atomic mass is 10.1. The highest BCUT2D eigenvalue weighted by Crippen LogP contribution is 2.29. The van der Waals surface area contributed by atoms with Crippen LogP contribution in [-0.4, -0.2) is 33.2 Å². The number of hydrogen-bond donors (Lipinski definition) is 1. The van der Waals surface area contributed by atoms with Crippen molar-refractivity contribution in [1.82, 2.24) is 14.8 Å². The summed E-state index contributed by atoms with van der Waals surface area (Å²) >= 11 is 12.0. The monoisotopic (exact) mass is 432 g/mol. The Kier molecular flexibility index (Phi) is 6.51. The lowest BCUT2D eigenvalue weighted by Gasteiger charge is -2.12. The molecule has 2 aromatic heterocycles. The highest BCUT2D eigenvalue weighted by molar-refractivity contribution is 6.39. The van der Waals surface area contributed by atoms with Gasteiger partial charge in [0.05, 0.1) is 27.6 Å². The van der Waals surface area contributed by atoms with Gasteiger partial charge in [-0.1, -0.05) is 49.2 Å². The van der Waals surface area contributed by atoms with Crippen LogP contribution in [0.5, 0.6) is 0 Å². The lowest BCUT2D eigenvalue weighted by molar-refractivity contribution is -0.119. The summed E-state index contributed by atoms with van der Waals surface area (Å²) in [5.41, 5.74) is 1.18. The van der Waals surface area contributed by atoms with Crippen molar-refractivity contribution in [2.75, 3.05) is 11.9 Å². The number of carbonyl (C=O) groups excluding carboxylic acids is 2. The molecule has 0 fully saturated rings. The molecule has 2 heterocycles. The number of aromatic nitrogens is 3. The molecule has 1 amide bonds. The molecule has 9 heteroatoms. The molecule has 7 nitrogen and oxygen atoms in total. The molecular formula is C20H18Cl2N4O3. The van der Waals surface area contributed by atoms with Crippen molar-refractivity contribution >= 4 is 40.8 Å². The number of pyridine rings is 1. The highest BCUT2D eigenvalue weighted by Gasteiger charge is 2.23. The summed E-state index contributed by atoms with van der Waals surface area (Å²) in [6.07, 6.45) is 3.05. The number of nitrogens with one attached hydrogen (secondary N) is 1. The third kappa shape index (κ3) is 4.75. The molecule has 0 atom stereocenters. The van der Waals surface area contributed by atoms with Crippen LogP contribution >= 0.6 is 23.2 Å². The largest absolute Gasteiger partial charge is 0.452 e. The standard InChI is InChI=1S/C20H18Cl2N4O3/c1-12(2)19-13(10-24-26(19)16-8-3-4-9-23-16)20(28)29-11-17(27)25-18-14(21)6-5-7-15(18)22/h3-10,12H,11H2,1-2H3,(H,25,27). The molecule has 1 N–H and O–H groups in total. The smallest absolute Gasteiger partial charge is 0.342 e. The molecule has 0 saturated heterocycles. The van der Waals surface area contributed by atoms with Crippen LogP contribution in [-0.2, 0) is 9.53 Å². The maximum atomic E-state index is 12.6. The molecule has 29 heavy (non-hydrogen) atoms. The summed E-state index contributed by atoms with van der Waals surface area (Å²) in [6, 6.07) is 10.3. The minimum atomic E-state index is -0.656. The van der Waals surface area contributed by atoms with Gasteiger partial charge in [0, 0.05) is 6.20 Å². The molecule has 0 unspecified atom stereocenters. The number of nitrogens with zero attached hydrogens (tertiary/aromatic N) is 3. The Labute approximate surface area is 177 Å². The molecule has 0 radical (unpaired) electrons. The summed E-state index contributed by atoms with van der Waals surface area (Å²) in [5, 5.41) is 7.38. The summed E-state index contributed by atoms with van der Waals surface area (Å²) in [7, 11) is 0. The number of hydrogen-bond acceptors (Lipinski definition) is 5. The van der Waals surface area contributed by atoms with E-state index in [-0.39, 0.29) is 27.2 Å². The SMILES string of the molecule is CC(C)c1c(C(=O)OCC(=O)Nc2c(Cl)cccc2Cl)cnn1-c1ccccn1. The predicted molar refractivity (Wildman–Crippen MR) is 111 cm³/mol.